The van der Waals surface area contributed by atoms with Gasteiger partial charge in [0.15, 0.2) is 5.13 Å². The van der Waals surface area contributed by atoms with Crippen molar-refractivity contribution in [3.8, 4) is 5.75 Å². The number of aromatic nitrogens is 1. The molecule has 1 unspecified atom stereocenters. The van der Waals surface area contributed by atoms with Crippen molar-refractivity contribution >= 4 is 39.9 Å². The Hall–Kier alpha value is -3.98. The second kappa shape index (κ2) is 11.4. The Morgan fingerprint density at radius 3 is 2.57 bits per heavy atom. The summed E-state index contributed by atoms with van der Waals surface area (Å²) in [5, 5.41) is 11.5. The summed E-state index contributed by atoms with van der Waals surface area (Å²) in [7, 11) is 0. The van der Waals surface area contributed by atoms with Crippen molar-refractivity contribution in [3.05, 3.63) is 81.9 Å². The number of aryl methyl sites for hydroxylation is 1. The van der Waals surface area contributed by atoms with Gasteiger partial charge < -0.3 is 14.6 Å². The number of carbonyl (C=O) groups is 3. The number of unbranched alkanes of at least 4 members (excludes halogenated alkanes) is 1. The first-order valence-electron chi connectivity index (χ1n) is 12.1. The second-order valence-electron chi connectivity index (χ2n) is 8.44. The van der Waals surface area contributed by atoms with Gasteiger partial charge in [-0.1, -0.05) is 67.1 Å². The van der Waals surface area contributed by atoms with E-state index in [0.29, 0.717) is 29.2 Å². The zero-order valence-electron chi connectivity index (χ0n) is 20.9. The van der Waals surface area contributed by atoms with Crippen LogP contribution in [0.3, 0.4) is 0 Å². The third kappa shape index (κ3) is 5.27. The van der Waals surface area contributed by atoms with Gasteiger partial charge in [0, 0.05) is 5.56 Å². The number of ketones is 1. The van der Waals surface area contributed by atoms with Crippen molar-refractivity contribution in [3.63, 3.8) is 0 Å². The summed E-state index contributed by atoms with van der Waals surface area (Å²) < 4.78 is 10.9. The molecule has 0 spiro atoms. The van der Waals surface area contributed by atoms with Crippen LogP contribution in [0.15, 0.2) is 60.2 Å². The first-order chi connectivity index (χ1) is 17.9. The molecule has 1 atom stereocenters. The number of benzene rings is 2. The van der Waals surface area contributed by atoms with E-state index in [1.165, 1.54) is 4.90 Å². The Labute approximate surface area is 219 Å². The summed E-state index contributed by atoms with van der Waals surface area (Å²) >= 11 is 0.975. The molecule has 0 radical (unpaired) electrons. The maximum atomic E-state index is 13.4. The highest BCUT2D eigenvalue weighted by Gasteiger charge is 2.48. The fourth-order valence-electron chi connectivity index (χ4n) is 4.07. The fourth-order valence-corrected chi connectivity index (χ4v) is 5.06. The van der Waals surface area contributed by atoms with Crippen LogP contribution in [0.25, 0.3) is 5.76 Å². The molecule has 0 bridgehead atoms. The summed E-state index contributed by atoms with van der Waals surface area (Å²) in [5.74, 6) is -1.98. The lowest BCUT2D eigenvalue weighted by Crippen LogP contribution is -2.29. The summed E-state index contributed by atoms with van der Waals surface area (Å²) in [6, 6.07) is 14.8. The van der Waals surface area contributed by atoms with E-state index >= 15 is 0 Å². The van der Waals surface area contributed by atoms with Crippen LogP contribution < -0.4 is 9.64 Å². The molecule has 1 amide bonds. The predicted molar refractivity (Wildman–Crippen MR) is 141 cm³/mol. The molecule has 9 heteroatoms. The number of aliphatic hydroxyl groups is 1. The van der Waals surface area contributed by atoms with Crippen LogP contribution in [0.4, 0.5) is 5.13 Å². The molecule has 2 aromatic carbocycles. The van der Waals surface area contributed by atoms with Gasteiger partial charge in [0.25, 0.3) is 5.78 Å². The molecule has 192 valence electrons. The molecular formula is C28H28N2O6S. The topological polar surface area (TPSA) is 106 Å². The number of aliphatic hydroxyl groups excluding tert-OH is 1. The molecule has 8 nitrogen and oxygen atoms in total. The minimum atomic E-state index is -0.938. The Morgan fingerprint density at radius 2 is 1.86 bits per heavy atom. The number of Topliss-reactive ketones (excluding diaryl/α,β-unsaturated/α-hetero) is 1. The number of amides is 1. The Morgan fingerprint density at radius 1 is 1.11 bits per heavy atom. The molecule has 1 aliphatic heterocycles. The average Bonchev–Trinajstić information content (AvgIpc) is 3.41. The smallest absolute Gasteiger partial charge is 0.350 e. The lowest BCUT2D eigenvalue weighted by molar-refractivity contribution is -0.132. The van der Waals surface area contributed by atoms with Gasteiger partial charge in [-0.05, 0) is 38.0 Å². The van der Waals surface area contributed by atoms with E-state index in [1.807, 2.05) is 6.07 Å². The van der Waals surface area contributed by atoms with E-state index in [-0.39, 0.29) is 27.9 Å². The number of hydrogen-bond acceptors (Lipinski definition) is 8. The molecule has 1 N–H and O–H groups in total. The molecule has 4 rings (SSSR count). The minimum absolute atomic E-state index is 0.0626. The predicted octanol–water partition coefficient (Wildman–Crippen LogP) is 5.43. The standard InChI is InChI=1S/C28H28N2O6S/c1-4-6-15-36-20-14-10-13-19(16-20)23(31)21-22(18-11-8-7-9-12-18)30(26(33)24(21)32)28-29-17(3)25(37-28)27(34)35-5-2/h7-14,16,22,31H,4-6,15H2,1-3H3/b23-21+. The van der Waals surface area contributed by atoms with Crippen LogP contribution in [0, 0.1) is 6.92 Å². The van der Waals surface area contributed by atoms with Gasteiger partial charge in [0.1, 0.15) is 16.4 Å². The van der Waals surface area contributed by atoms with Gasteiger partial charge in [0.05, 0.1) is 30.5 Å². The molecule has 1 aliphatic rings. The lowest BCUT2D eigenvalue weighted by Gasteiger charge is -2.23. The number of rotatable bonds is 9. The highest BCUT2D eigenvalue weighted by molar-refractivity contribution is 7.17. The van der Waals surface area contributed by atoms with Crippen molar-refractivity contribution in [1.82, 2.24) is 4.98 Å². The first-order valence-corrected chi connectivity index (χ1v) is 12.9. The summed E-state index contributed by atoms with van der Waals surface area (Å²) in [6.07, 6.45) is 1.87. The van der Waals surface area contributed by atoms with E-state index < -0.39 is 23.7 Å². The maximum Gasteiger partial charge on any atom is 0.350 e. The van der Waals surface area contributed by atoms with Gasteiger partial charge in [-0.15, -0.1) is 0 Å². The largest absolute Gasteiger partial charge is 0.507 e. The number of thiazole rings is 1. The molecule has 1 fully saturated rings. The van der Waals surface area contributed by atoms with Crippen LogP contribution >= 0.6 is 11.3 Å². The van der Waals surface area contributed by atoms with Crippen molar-refractivity contribution < 1.29 is 29.0 Å². The minimum Gasteiger partial charge on any atom is -0.507 e. The summed E-state index contributed by atoms with van der Waals surface area (Å²) in [5.41, 5.74) is 1.30. The maximum absolute atomic E-state index is 13.4. The number of carbonyl (C=O) groups excluding carboxylic acids is 3. The monoisotopic (exact) mass is 520 g/mol. The Kier molecular flexibility index (Phi) is 8.03. The van der Waals surface area contributed by atoms with Crippen LogP contribution in [-0.4, -0.2) is 41.0 Å². The van der Waals surface area contributed by atoms with Gasteiger partial charge in [-0.2, -0.15) is 0 Å². The third-order valence-electron chi connectivity index (χ3n) is 5.89. The van der Waals surface area contributed by atoms with E-state index in [1.54, 1.807) is 62.4 Å². The SMILES string of the molecule is CCCCOc1cccc(/C(O)=C2\C(=O)C(=O)N(c3nc(C)c(C(=O)OCC)s3)C2c2ccccc2)c1. The van der Waals surface area contributed by atoms with Gasteiger partial charge >= 0.3 is 11.9 Å². The highest BCUT2D eigenvalue weighted by Crippen LogP contribution is 2.44. The van der Waals surface area contributed by atoms with Gasteiger partial charge in [0.2, 0.25) is 0 Å². The van der Waals surface area contributed by atoms with E-state index in [2.05, 4.69) is 11.9 Å². The van der Waals surface area contributed by atoms with Crippen molar-refractivity contribution in [1.29, 1.82) is 0 Å². The molecule has 1 saturated heterocycles. The molecular weight excluding hydrogens is 492 g/mol. The fraction of sp³-hybridized carbons (Fsp3) is 0.286. The van der Waals surface area contributed by atoms with Gasteiger partial charge in [-0.3, -0.25) is 14.5 Å². The third-order valence-corrected chi connectivity index (χ3v) is 7.02. The van der Waals surface area contributed by atoms with Crippen LogP contribution in [0.5, 0.6) is 5.75 Å². The van der Waals surface area contributed by atoms with Gasteiger partial charge in [-0.25, -0.2) is 9.78 Å². The Balaban J connectivity index is 1.82. The van der Waals surface area contributed by atoms with Crippen molar-refractivity contribution in [2.24, 2.45) is 0 Å². The molecule has 0 saturated carbocycles. The summed E-state index contributed by atoms with van der Waals surface area (Å²) in [4.78, 5) is 45.0. The van der Waals surface area contributed by atoms with Crippen LogP contribution in [0.2, 0.25) is 0 Å². The number of nitrogens with zero attached hydrogens (tertiary/aromatic N) is 2. The van der Waals surface area contributed by atoms with Crippen molar-refractivity contribution in [2.75, 3.05) is 18.1 Å². The Bertz CT molecular complexity index is 1350. The highest BCUT2D eigenvalue weighted by atomic mass is 32.1. The summed E-state index contributed by atoms with van der Waals surface area (Å²) in [6.45, 7) is 6.13. The van der Waals surface area contributed by atoms with E-state index in [4.69, 9.17) is 9.47 Å². The second-order valence-corrected chi connectivity index (χ2v) is 9.42. The van der Waals surface area contributed by atoms with Crippen LogP contribution in [-0.2, 0) is 14.3 Å². The van der Waals surface area contributed by atoms with Crippen LogP contribution in [0.1, 0.15) is 59.2 Å². The van der Waals surface area contributed by atoms with E-state index in [0.717, 1.165) is 24.2 Å². The zero-order chi connectivity index (χ0) is 26.5. The number of anilines is 1. The number of hydrogen-bond donors (Lipinski definition) is 1. The number of ether oxygens (including phenoxy) is 2. The first kappa shape index (κ1) is 26.1. The van der Waals surface area contributed by atoms with E-state index in [9.17, 15) is 19.5 Å². The molecule has 3 aromatic rings. The zero-order valence-corrected chi connectivity index (χ0v) is 21.7. The molecule has 2 heterocycles. The molecule has 37 heavy (non-hydrogen) atoms. The molecule has 1 aromatic heterocycles. The van der Waals surface area contributed by atoms with Crippen molar-refractivity contribution in [2.45, 2.75) is 39.7 Å². The molecule has 0 aliphatic carbocycles. The lowest BCUT2D eigenvalue weighted by atomic mass is 9.95. The number of esters is 1. The average molecular weight is 521 g/mol. The normalized spacial score (nSPS) is 16.7. The quantitative estimate of drug-likeness (QED) is 0.132.